The van der Waals surface area contributed by atoms with E-state index in [0.29, 0.717) is 24.0 Å². The lowest BCUT2D eigenvalue weighted by Gasteiger charge is -2.33. The Morgan fingerprint density at radius 2 is 1.83 bits per heavy atom. The minimum Gasteiger partial charge on any atom is -0.493 e. The Kier molecular flexibility index (Phi) is 7.73. The van der Waals surface area contributed by atoms with E-state index >= 15 is 0 Å². The molecule has 2 heterocycles. The first-order valence-corrected chi connectivity index (χ1v) is 10.3. The molecule has 0 radical (unpaired) electrons. The molecular formula is C22H32N6O2. The van der Waals surface area contributed by atoms with Crippen molar-refractivity contribution < 1.29 is 9.47 Å². The summed E-state index contributed by atoms with van der Waals surface area (Å²) < 4.78 is 10.7. The fourth-order valence-corrected chi connectivity index (χ4v) is 3.30. The Balaban J connectivity index is 1.69. The van der Waals surface area contributed by atoms with Crippen LogP contribution in [0.5, 0.6) is 11.5 Å². The predicted molar refractivity (Wildman–Crippen MR) is 122 cm³/mol. The molecule has 0 bridgehead atoms. The standard InChI is InChI=1S/C22H32N6O2/c1-5-23-22(26-18-6-7-19(29-3)20(15-18)30-4)25-16-17-8-9-24-21(14-17)28-12-10-27(2)11-13-28/h6-9,14-15H,5,10-13,16H2,1-4H3,(H2,23,25,26). The monoisotopic (exact) mass is 412 g/mol. The molecular weight excluding hydrogens is 380 g/mol. The summed E-state index contributed by atoms with van der Waals surface area (Å²) in [6, 6.07) is 9.85. The van der Waals surface area contributed by atoms with Crippen LogP contribution < -0.4 is 25.0 Å². The van der Waals surface area contributed by atoms with Crippen LogP contribution in [-0.4, -0.2) is 69.8 Å². The number of nitrogens with zero attached hydrogens (tertiary/aromatic N) is 4. The summed E-state index contributed by atoms with van der Waals surface area (Å²) in [7, 11) is 5.41. The first-order chi connectivity index (χ1) is 14.6. The van der Waals surface area contributed by atoms with Crippen LogP contribution in [-0.2, 0) is 6.54 Å². The molecule has 0 amide bonds. The molecule has 0 atom stereocenters. The van der Waals surface area contributed by atoms with Crippen LogP contribution in [0.4, 0.5) is 11.5 Å². The number of methoxy groups -OCH3 is 2. The van der Waals surface area contributed by atoms with Gasteiger partial charge in [-0.3, -0.25) is 0 Å². The minimum atomic E-state index is 0.561. The molecule has 0 unspecified atom stereocenters. The number of nitrogens with one attached hydrogen (secondary N) is 2. The van der Waals surface area contributed by atoms with Gasteiger partial charge in [0.25, 0.3) is 0 Å². The van der Waals surface area contributed by atoms with Crippen LogP contribution in [0.1, 0.15) is 12.5 Å². The van der Waals surface area contributed by atoms with E-state index in [1.54, 1.807) is 14.2 Å². The number of ether oxygens (including phenoxy) is 2. The molecule has 1 aromatic heterocycles. The Morgan fingerprint density at radius 1 is 1.07 bits per heavy atom. The molecule has 8 heteroatoms. The van der Waals surface area contributed by atoms with Gasteiger partial charge >= 0.3 is 0 Å². The third-order valence-electron chi connectivity index (χ3n) is 5.05. The third kappa shape index (κ3) is 5.76. The Labute approximate surface area is 178 Å². The topological polar surface area (TPSA) is 74.3 Å². The van der Waals surface area contributed by atoms with Crippen LogP contribution in [0.2, 0.25) is 0 Å². The van der Waals surface area contributed by atoms with E-state index in [9.17, 15) is 0 Å². The molecule has 1 saturated heterocycles. The molecule has 2 aromatic rings. The molecule has 162 valence electrons. The smallest absolute Gasteiger partial charge is 0.196 e. The normalized spacial score (nSPS) is 15.1. The Hall–Kier alpha value is -3.00. The highest BCUT2D eigenvalue weighted by Crippen LogP contribution is 2.29. The van der Waals surface area contributed by atoms with E-state index in [-0.39, 0.29) is 0 Å². The number of guanidine groups is 1. The Bertz CT molecular complexity index is 849. The van der Waals surface area contributed by atoms with Crippen LogP contribution in [0, 0.1) is 0 Å². The summed E-state index contributed by atoms with van der Waals surface area (Å²) in [6.45, 7) is 7.49. The van der Waals surface area contributed by atoms with E-state index in [1.165, 1.54) is 0 Å². The predicted octanol–water partition coefficient (Wildman–Crippen LogP) is 2.43. The molecule has 0 saturated carbocycles. The molecule has 0 spiro atoms. The van der Waals surface area contributed by atoms with Crippen molar-refractivity contribution in [3.05, 3.63) is 42.1 Å². The number of aromatic nitrogens is 1. The van der Waals surface area contributed by atoms with Gasteiger partial charge in [0.1, 0.15) is 5.82 Å². The number of rotatable bonds is 7. The van der Waals surface area contributed by atoms with Crippen LogP contribution in [0.15, 0.2) is 41.5 Å². The maximum atomic E-state index is 5.39. The Morgan fingerprint density at radius 3 is 2.53 bits per heavy atom. The molecule has 3 rings (SSSR count). The quantitative estimate of drug-likeness (QED) is 0.534. The van der Waals surface area contributed by atoms with Gasteiger partial charge in [0.05, 0.1) is 20.8 Å². The number of likely N-dealkylation sites (N-methyl/N-ethyl adjacent to an activating group) is 1. The van der Waals surface area contributed by atoms with Gasteiger partial charge in [0.2, 0.25) is 0 Å². The number of pyridine rings is 1. The minimum absolute atomic E-state index is 0.561. The highest BCUT2D eigenvalue weighted by atomic mass is 16.5. The molecule has 1 aromatic carbocycles. The summed E-state index contributed by atoms with van der Waals surface area (Å²) in [5.41, 5.74) is 2.00. The average molecular weight is 413 g/mol. The van der Waals surface area contributed by atoms with Gasteiger partial charge in [-0.1, -0.05) is 0 Å². The van der Waals surface area contributed by atoms with Crippen molar-refractivity contribution in [3.8, 4) is 11.5 Å². The maximum Gasteiger partial charge on any atom is 0.196 e. The van der Waals surface area contributed by atoms with Gasteiger partial charge in [-0.2, -0.15) is 0 Å². The largest absolute Gasteiger partial charge is 0.493 e. The third-order valence-corrected chi connectivity index (χ3v) is 5.05. The highest BCUT2D eigenvalue weighted by Gasteiger charge is 2.15. The lowest BCUT2D eigenvalue weighted by Crippen LogP contribution is -2.44. The second kappa shape index (κ2) is 10.7. The number of hydrogen-bond acceptors (Lipinski definition) is 6. The molecule has 1 aliphatic heterocycles. The van der Waals surface area contributed by atoms with Crippen molar-refractivity contribution in [3.63, 3.8) is 0 Å². The maximum absolute atomic E-state index is 5.39. The fraction of sp³-hybridized carbons (Fsp3) is 0.455. The van der Waals surface area contributed by atoms with Crippen LogP contribution >= 0.6 is 0 Å². The summed E-state index contributed by atoms with van der Waals surface area (Å²) in [5, 5.41) is 6.62. The van der Waals surface area contributed by atoms with Crippen molar-refractivity contribution in [1.29, 1.82) is 0 Å². The number of piperazine rings is 1. The molecule has 1 fully saturated rings. The highest BCUT2D eigenvalue weighted by molar-refractivity contribution is 5.93. The number of anilines is 2. The van der Waals surface area contributed by atoms with E-state index < -0.39 is 0 Å². The van der Waals surface area contributed by atoms with Crippen molar-refractivity contribution in [2.45, 2.75) is 13.5 Å². The van der Waals surface area contributed by atoms with Gasteiger partial charge in [0, 0.05) is 50.7 Å². The van der Waals surface area contributed by atoms with Crippen LogP contribution in [0.25, 0.3) is 0 Å². The zero-order chi connectivity index (χ0) is 21.3. The molecule has 2 N–H and O–H groups in total. The zero-order valence-electron chi connectivity index (χ0n) is 18.3. The molecule has 1 aliphatic rings. The number of hydrogen-bond donors (Lipinski definition) is 2. The summed E-state index contributed by atoms with van der Waals surface area (Å²) in [4.78, 5) is 14.0. The molecule has 30 heavy (non-hydrogen) atoms. The van der Waals surface area contributed by atoms with Gasteiger partial charge in [-0.05, 0) is 43.8 Å². The fourth-order valence-electron chi connectivity index (χ4n) is 3.30. The molecule has 0 aliphatic carbocycles. The van der Waals surface area contributed by atoms with Crippen molar-refractivity contribution in [2.24, 2.45) is 4.99 Å². The van der Waals surface area contributed by atoms with Gasteiger partial charge in [-0.15, -0.1) is 0 Å². The summed E-state index contributed by atoms with van der Waals surface area (Å²) in [5.74, 6) is 3.10. The van der Waals surface area contributed by atoms with Crippen molar-refractivity contribution >= 4 is 17.5 Å². The second-order valence-electron chi connectivity index (χ2n) is 7.20. The summed E-state index contributed by atoms with van der Waals surface area (Å²) >= 11 is 0. The van der Waals surface area contributed by atoms with E-state index in [2.05, 4.69) is 38.5 Å². The lowest BCUT2D eigenvalue weighted by molar-refractivity contribution is 0.312. The second-order valence-corrected chi connectivity index (χ2v) is 7.20. The van der Waals surface area contributed by atoms with Crippen molar-refractivity contribution in [2.75, 3.05) is 64.2 Å². The van der Waals surface area contributed by atoms with Gasteiger partial charge in [-0.25, -0.2) is 9.98 Å². The molecule has 8 nitrogen and oxygen atoms in total. The number of aliphatic imine (C=N–C) groups is 1. The summed E-state index contributed by atoms with van der Waals surface area (Å²) in [6.07, 6.45) is 1.87. The first kappa shape index (κ1) is 21.7. The zero-order valence-corrected chi connectivity index (χ0v) is 18.3. The van der Waals surface area contributed by atoms with E-state index in [0.717, 1.165) is 49.8 Å². The van der Waals surface area contributed by atoms with Gasteiger partial charge < -0.3 is 29.9 Å². The SMILES string of the molecule is CCNC(=NCc1ccnc(N2CCN(C)CC2)c1)Nc1ccc(OC)c(OC)c1. The number of benzene rings is 1. The average Bonchev–Trinajstić information content (AvgIpc) is 2.78. The lowest BCUT2D eigenvalue weighted by atomic mass is 10.2. The van der Waals surface area contributed by atoms with Gasteiger partial charge in [0.15, 0.2) is 17.5 Å². The first-order valence-electron chi connectivity index (χ1n) is 10.3. The van der Waals surface area contributed by atoms with Crippen molar-refractivity contribution in [1.82, 2.24) is 15.2 Å². The van der Waals surface area contributed by atoms with E-state index in [4.69, 9.17) is 14.5 Å². The van der Waals surface area contributed by atoms with Crippen LogP contribution in [0.3, 0.4) is 0 Å². The van der Waals surface area contributed by atoms with E-state index in [1.807, 2.05) is 37.4 Å².